The Hall–Kier alpha value is -4.62. The summed E-state index contributed by atoms with van der Waals surface area (Å²) in [5.41, 5.74) is 1.88. The predicted octanol–water partition coefficient (Wildman–Crippen LogP) is 7.92. The van der Waals surface area contributed by atoms with Gasteiger partial charge in [-0.3, -0.25) is 14.6 Å². The van der Waals surface area contributed by atoms with Gasteiger partial charge in [-0.1, -0.05) is 124 Å². The van der Waals surface area contributed by atoms with Crippen molar-refractivity contribution >= 4 is 60.3 Å². The third kappa shape index (κ3) is 7.78. The van der Waals surface area contributed by atoms with E-state index in [4.69, 9.17) is 9.16 Å². The van der Waals surface area contributed by atoms with E-state index in [-0.39, 0.29) is 28.8 Å². The number of benzene rings is 3. The molecule has 0 radical (unpaired) electrons. The summed E-state index contributed by atoms with van der Waals surface area (Å²) in [6.45, 7) is 13.5. The van der Waals surface area contributed by atoms with Crippen LogP contribution in [-0.2, 0) is 23.5 Å². The summed E-state index contributed by atoms with van der Waals surface area (Å²) in [4.78, 5) is 51.1. The van der Waals surface area contributed by atoms with E-state index in [0.29, 0.717) is 18.4 Å². The molecule has 1 aliphatic carbocycles. The summed E-state index contributed by atoms with van der Waals surface area (Å²) >= 11 is 0. The second kappa shape index (κ2) is 16.6. The molecule has 0 bridgehead atoms. The van der Waals surface area contributed by atoms with Gasteiger partial charge in [0, 0.05) is 25.2 Å². The van der Waals surface area contributed by atoms with Gasteiger partial charge in [-0.05, 0) is 89.6 Å². The number of rotatable bonds is 12. The summed E-state index contributed by atoms with van der Waals surface area (Å²) in [5.74, 6) is -2.06. The zero-order valence-corrected chi connectivity index (χ0v) is 34.7. The van der Waals surface area contributed by atoms with Gasteiger partial charge in [-0.15, -0.1) is 0 Å². The Bertz CT molecular complexity index is 1990. The Morgan fingerprint density at radius 3 is 1.93 bits per heavy atom. The van der Waals surface area contributed by atoms with E-state index in [1.54, 1.807) is 17.3 Å². The number of β-lactam (4-membered cyclic amide) rings is 1. The fourth-order valence-electron chi connectivity index (χ4n) is 7.90. The van der Waals surface area contributed by atoms with Crippen LogP contribution < -0.4 is 15.9 Å². The van der Waals surface area contributed by atoms with E-state index in [1.807, 2.05) is 116 Å². The van der Waals surface area contributed by atoms with Crippen LogP contribution in [0.1, 0.15) is 52.5 Å². The molecule has 6 rings (SSSR count). The lowest BCUT2D eigenvalue weighted by Gasteiger charge is -2.55. The van der Waals surface area contributed by atoms with E-state index in [2.05, 4.69) is 45.4 Å². The number of nitrogens with zero attached hydrogens (tertiary/aromatic N) is 2. The number of pyridine rings is 1. The smallest absolute Gasteiger partial charge is 0.356 e. The fraction of sp³-hybridized carbons (Fsp3) is 0.326. The molecule has 55 heavy (non-hydrogen) atoms. The van der Waals surface area contributed by atoms with Gasteiger partial charge in [0.25, 0.3) is 0 Å². The SMILES string of the molecule is C=CCOC(=O)C(N1C(=O)C([C@@H](C)O[Si](C)(C)C(C)(C)C)C1[C@H]1CCC/C(=C\c2ccncc2)C1=O)=P(c1ccccc1)(c1ccccc1)c1ccccc1. The Balaban J connectivity index is 1.66. The Labute approximate surface area is 327 Å². The Kier molecular flexibility index (Phi) is 12.1. The standard InChI is InChI=1S/C46H53N2O5PSi/c1-8-31-52-45(51)44(54(36-20-12-9-13-21-36,37-22-14-10-15-23-37)38-24-16-11-17-25-38)48-41(40(43(48)50)33(2)53-55(6,7)46(3,4)5)39-26-18-19-35(42(39)49)32-34-27-29-47-30-28-34/h8-17,20-25,27-30,32-33,39-41H,1,18-19,26,31H2,2-7H3/b35-32+/t33-,39-,40?,41?/m1/s1. The van der Waals surface area contributed by atoms with Crippen molar-refractivity contribution in [1.82, 2.24) is 9.88 Å². The van der Waals surface area contributed by atoms with Gasteiger partial charge in [0.2, 0.25) is 5.91 Å². The first-order valence-electron chi connectivity index (χ1n) is 19.2. The van der Waals surface area contributed by atoms with Crippen molar-refractivity contribution in [3.8, 4) is 0 Å². The molecule has 1 saturated heterocycles. The summed E-state index contributed by atoms with van der Waals surface area (Å²) in [5, 5.41) is 2.58. The van der Waals surface area contributed by atoms with E-state index < -0.39 is 45.2 Å². The zero-order valence-electron chi connectivity index (χ0n) is 32.9. The van der Waals surface area contributed by atoms with E-state index >= 15 is 9.59 Å². The summed E-state index contributed by atoms with van der Waals surface area (Å²) in [6.07, 6.45) is 8.40. The average molecular weight is 773 g/mol. The molecule has 1 aromatic heterocycles. The van der Waals surface area contributed by atoms with Crippen molar-refractivity contribution in [3.05, 3.63) is 139 Å². The molecule has 7 nitrogen and oxygen atoms in total. The molecule has 286 valence electrons. The third-order valence-electron chi connectivity index (χ3n) is 11.5. The number of aromatic nitrogens is 1. The highest BCUT2D eigenvalue weighted by molar-refractivity contribution is 7.96. The monoisotopic (exact) mass is 772 g/mol. The molecule has 2 unspecified atom stereocenters. The van der Waals surface area contributed by atoms with Gasteiger partial charge in [0.1, 0.15) is 12.0 Å². The molecule has 3 aromatic carbocycles. The van der Waals surface area contributed by atoms with Gasteiger partial charge < -0.3 is 14.1 Å². The highest BCUT2D eigenvalue weighted by Gasteiger charge is 2.60. The van der Waals surface area contributed by atoms with Crippen LogP contribution in [0.25, 0.3) is 6.08 Å². The quantitative estimate of drug-likeness (QED) is 0.0364. The van der Waals surface area contributed by atoms with Gasteiger partial charge in [0.05, 0.1) is 18.1 Å². The molecule has 0 spiro atoms. The number of ketones is 1. The lowest BCUT2D eigenvalue weighted by Crippen LogP contribution is -2.72. The van der Waals surface area contributed by atoms with Gasteiger partial charge in [-0.2, -0.15) is 0 Å². The number of carbonyl (C=O) groups excluding carboxylic acids is 3. The molecule has 9 heteroatoms. The summed E-state index contributed by atoms with van der Waals surface area (Å²) in [7, 11) is -2.36. The summed E-state index contributed by atoms with van der Waals surface area (Å²) < 4.78 is 13.0. The minimum atomic E-state index is -3.17. The van der Waals surface area contributed by atoms with Crippen LogP contribution in [0.5, 0.6) is 0 Å². The van der Waals surface area contributed by atoms with Gasteiger partial charge >= 0.3 is 5.97 Å². The molecular weight excluding hydrogens is 720 g/mol. The average Bonchev–Trinajstić information content (AvgIpc) is 3.18. The van der Waals surface area contributed by atoms with E-state index in [0.717, 1.165) is 27.9 Å². The van der Waals surface area contributed by atoms with Crippen LogP contribution in [0, 0.1) is 11.8 Å². The van der Waals surface area contributed by atoms with Crippen molar-refractivity contribution in [2.45, 2.75) is 77.2 Å². The lowest BCUT2D eigenvalue weighted by atomic mass is 9.69. The van der Waals surface area contributed by atoms with E-state index in [1.165, 1.54) is 6.08 Å². The number of esters is 1. The van der Waals surface area contributed by atoms with Crippen LogP contribution in [0.15, 0.2) is 134 Å². The molecule has 2 fully saturated rings. The number of Topliss-reactive ketones (excluding diaryl/α,β-unsaturated/α-hetero) is 1. The number of likely N-dealkylation sites (tertiary alicyclic amines) is 1. The number of amides is 1. The first kappa shape index (κ1) is 40.1. The normalized spacial score (nSPS) is 20.4. The minimum absolute atomic E-state index is 0.00281. The minimum Gasteiger partial charge on any atom is -0.457 e. The molecule has 4 aromatic rings. The maximum absolute atomic E-state index is 15.3. The van der Waals surface area contributed by atoms with Crippen LogP contribution in [0.2, 0.25) is 18.1 Å². The number of carbonyl (C=O) groups is 3. The van der Waals surface area contributed by atoms with Crippen molar-refractivity contribution < 1.29 is 23.5 Å². The molecule has 0 N–H and O–H groups in total. The van der Waals surface area contributed by atoms with Gasteiger partial charge in [0.15, 0.2) is 14.1 Å². The molecule has 2 aliphatic rings. The maximum Gasteiger partial charge on any atom is 0.356 e. The highest BCUT2D eigenvalue weighted by atomic mass is 31.2. The molecule has 2 heterocycles. The Morgan fingerprint density at radius 2 is 1.44 bits per heavy atom. The largest absolute Gasteiger partial charge is 0.457 e. The summed E-state index contributed by atoms with van der Waals surface area (Å²) in [6, 6.07) is 33.0. The van der Waals surface area contributed by atoms with Crippen LogP contribution in [0.3, 0.4) is 0 Å². The number of hydrogen-bond donors (Lipinski definition) is 0. The zero-order chi connectivity index (χ0) is 39.4. The van der Waals surface area contributed by atoms with Crippen molar-refractivity contribution in [1.29, 1.82) is 0 Å². The second-order valence-electron chi connectivity index (χ2n) is 16.0. The van der Waals surface area contributed by atoms with Crippen LogP contribution in [-0.4, -0.2) is 60.0 Å². The topological polar surface area (TPSA) is 85.8 Å². The second-order valence-corrected chi connectivity index (χ2v) is 24.1. The number of ether oxygens (including phenoxy) is 1. The van der Waals surface area contributed by atoms with Gasteiger partial charge in [-0.25, -0.2) is 4.79 Å². The first-order valence-corrected chi connectivity index (χ1v) is 23.9. The molecular formula is C46H53N2O5PSi. The highest BCUT2D eigenvalue weighted by Crippen LogP contribution is 2.52. The molecule has 1 saturated carbocycles. The van der Waals surface area contributed by atoms with Crippen molar-refractivity contribution in [3.63, 3.8) is 0 Å². The predicted molar refractivity (Wildman–Crippen MR) is 228 cm³/mol. The number of hydrogen-bond acceptors (Lipinski definition) is 6. The third-order valence-corrected chi connectivity index (χ3v) is 20.4. The lowest BCUT2D eigenvalue weighted by molar-refractivity contribution is -0.162. The maximum atomic E-state index is 15.3. The Morgan fingerprint density at radius 1 is 0.909 bits per heavy atom. The van der Waals surface area contributed by atoms with Crippen LogP contribution in [0.4, 0.5) is 0 Å². The molecule has 1 amide bonds. The fourth-order valence-corrected chi connectivity index (χ4v) is 13.7. The molecule has 4 atom stereocenters. The van der Waals surface area contributed by atoms with Crippen molar-refractivity contribution in [2.24, 2.45) is 11.8 Å². The first-order chi connectivity index (χ1) is 26.3. The van der Waals surface area contributed by atoms with Crippen LogP contribution >= 0.6 is 6.89 Å². The number of allylic oxidation sites excluding steroid dienone is 1. The van der Waals surface area contributed by atoms with Crippen molar-refractivity contribution in [2.75, 3.05) is 6.61 Å². The molecule has 1 aliphatic heterocycles. The van der Waals surface area contributed by atoms with E-state index in [9.17, 15) is 4.79 Å².